The van der Waals surface area contributed by atoms with Gasteiger partial charge in [0.2, 0.25) is 6.41 Å². The van der Waals surface area contributed by atoms with Crippen molar-refractivity contribution < 1.29 is 4.79 Å². The lowest BCUT2D eigenvalue weighted by Gasteiger charge is -2.40. The highest BCUT2D eigenvalue weighted by molar-refractivity contribution is 6.41. The van der Waals surface area contributed by atoms with E-state index in [1.54, 1.807) is 18.0 Å². The van der Waals surface area contributed by atoms with Crippen LogP contribution in [0.5, 0.6) is 0 Å². The van der Waals surface area contributed by atoms with Crippen LogP contribution in [-0.2, 0) is 17.6 Å². The van der Waals surface area contributed by atoms with Crippen LogP contribution in [0.25, 0.3) is 0 Å². The summed E-state index contributed by atoms with van der Waals surface area (Å²) in [5.74, 6) is 1.20. The lowest BCUT2D eigenvalue weighted by Crippen LogP contribution is -2.53. The molecule has 2 aromatic rings. The number of anilines is 2. The quantitative estimate of drug-likeness (QED) is 0.260. The Balaban J connectivity index is 2.22. The molecular weight excluding hydrogens is 445 g/mol. The van der Waals surface area contributed by atoms with Gasteiger partial charge in [0.25, 0.3) is 0 Å². The van der Waals surface area contributed by atoms with E-state index < -0.39 is 0 Å². The van der Waals surface area contributed by atoms with Crippen molar-refractivity contribution in [1.82, 2.24) is 14.8 Å². The van der Waals surface area contributed by atoms with Gasteiger partial charge in [0.05, 0.1) is 16.3 Å². The number of nitrogens with zero attached hydrogens (tertiary/aromatic N) is 5. The Kier molecular flexibility index (Phi) is 8.15. The number of hydrogen-bond donors (Lipinski definition) is 0. The first kappa shape index (κ1) is 24.5. The first-order valence-electron chi connectivity index (χ1n) is 11.0. The first-order valence-corrected chi connectivity index (χ1v) is 11.7. The summed E-state index contributed by atoms with van der Waals surface area (Å²) >= 11 is 12.8. The number of aromatic nitrogens is 1. The molecule has 0 spiro atoms. The number of pyridine rings is 1. The van der Waals surface area contributed by atoms with Gasteiger partial charge in [-0.25, -0.2) is 4.98 Å². The SMILES string of the molecule is CCc1cccc(CC)c1N(C=O)c1nc(Cl)c(Cl)cc1C(=NC)N1CCN(C)CC1C. The van der Waals surface area contributed by atoms with E-state index in [1.807, 2.05) is 18.2 Å². The topological polar surface area (TPSA) is 52.0 Å². The van der Waals surface area contributed by atoms with Crippen molar-refractivity contribution in [3.05, 3.63) is 51.1 Å². The molecule has 1 aromatic carbocycles. The zero-order valence-corrected chi connectivity index (χ0v) is 20.9. The molecule has 2 heterocycles. The minimum Gasteiger partial charge on any atom is -0.351 e. The standard InChI is InChI=1S/C24H31Cl2N5O/c1-6-17-9-8-10-18(7-2)21(17)31(15-32)24-19(13-20(25)22(26)28-24)23(27-4)30-12-11-29(5)14-16(30)3/h8-10,13,15-16H,6-7,11-12,14H2,1-5H3. The van der Waals surface area contributed by atoms with Gasteiger partial charge >= 0.3 is 0 Å². The first-order chi connectivity index (χ1) is 15.4. The van der Waals surface area contributed by atoms with Crippen LogP contribution in [0.2, 0.25) is 10.2 Å². The molecule has 0 N–H and O–H groups in total. The molecule has 0 saturated carbocycles. The van der Waals surface area contributed by atoms with Gasteiger partial charge in [-0.1, -0.05) is 55.2 Å². The third-order valence-electron chi connectivity index (χ3n) is 6.01. The van der Waals surface area contributed by atoms with Crippen LogP contribution < -0.4 is 4.90 Å². The Hall–Kier alpha value is -2.15. The van der Waals surface area contributed by atoms with Crippen LogP contribution in [0.1, 0.15) is 37.5 Å². The van der Waals surface area contributed by atoms with Crippen LogP contribution in [0, 0.1) is 0 Å². The van der Waals surface area contributed by atoms with E-state index in [9.17, 15) is 4.79 Å². The maximum atomic E-state index is 12.5. The Morgan fingerprint density at radius 2 is 1.91 bits per heavy atom. The van der Waals surface area contributed by atoms with Crippen molar-refractivity contribution in [2.75, 3.05) is 38.6 Å². The van der Waals surface area contributed by atoms with Crippen LogP contribution in [-0.4, -0.2) is 66.8 Å². The van der Waals surface area contributed by atoms with E-state index >= 15 is 0 Å². The molecule has 1 saturated heterocycles. The predicted molar refractivity (Wildman–Crippen MR) is 134 cm³/mol. The van der Waals surface area contributed by atoms with Crippen LogP contribution in [0.3, 0.4) is 0 Å². The average Bonchev–Trinajstić information content (AvgIpc) is 2.78. The molecule has 3 rings (SSSR count). The number of para-hydroxylation sites is 1. The molecule has 1 amide bonds. The lowest BCUT2D eigenvalue weighted by atomic mass is 10.0. The number of piperazine rings is 1. The summed E-state index contributed by atoms with van der Waals surface area (Å²) in [6.07, 6.45) is 2.38. The normalized spacial score (nSPS) is 17.5. The number of aryl methyl sites for hydroxylation is 2. The molecule has 1 fully saturated rings. The number of amides is 1. The molecule has 0 bridgehead atoms. The molecule has 32 heavy (non-hydrogen) atoms. The number of amidine groups is 1. The van der Waals surface area contributed by atoms with Crippen molar-refractivity contribution in [1.29, 1.82) is 0 Å². The summed E-state index contributed by atoms with van der Waals surface area (Å²) in [5.41, 5.74) is 3.68. The van der Waals surface area contributed by atoms with Gasteiger partial charge in [0.1, 0.15) is 11.0 Å². The van der Waals surface area contributed by atoms with Crippen LogP contribution in [0.4, 0.5) is 11.5 Å². The maximum absolute atomic E-state index is 12.5. The second-order valence-corrected chi connectivity index (χ2v) is 8.86. The Morgan fingerprint density at radius 3 is 2.44 bits per heavy atom. The number of carbonyl (C=O) groups is 1. The summed E-state index contributed by atoms with van der Waals surface area (Å²) < 4.78 is 0. The molecule has 1 unspecified atom stereocenters. The van der Waals surface area contributed by atoms with E-state index in [0.29, 0.717) is 16.4 Å². The van der Waals surface area contributed by atoms with E-state index in [1.165, 1.54) is 0 Å². The third kappa shape index (κ3) is 4.77. The summed E-state index contributed by atoms with van der Waals surface area (Å²) in [6.45, 7) is 8.98. The van der Waals surface area contributed by atoms with E-state index in [4.69, 9.17) is 23.2 Å². The van der Waals surface area contributed by atoms with Gasteiger partial charge in [-0.15, -0.1) is 0 Å². The maximum Gasteiger partial charge on any atom is 0.219 e. The number of aliphatic imine (C=N–C) groups is 1. The van der Waals surface area contributed by atoms with Crippen molar-refractivity contribution in [3.8, 4) is 0 Å². The summed E-state index contributed by atoms with van der Waals surface area (Å²) in [4.78, 5) is 27.9. The Labute approximate surface area is 200 Å². The smallest absolute Gasteiger partial charge is 0.219 e. The van der Waals surface area contributed by atoms with Gasteiger partial charge in [-0.05, 0) is 44.0 Å². The molecule has 1 aliphatic rings. The number of hydrogen-bond acceptors (Lipinski definition) is 4. The fourth-order valence-electron chi connectivity index (χ4n) is 4.40. The fourth-order valence-corrected chi connectivity index (χ4v) is 4.68. The minimum absolute atomic E-state index is 0.158. The van der Waals surface area contributed by atoms with Gasteiger partial charge in [-0.3, -0.25) is 14.7 Å². The van der Waals surface area contributed by atoms with Crippen molar-refractivity contribution in [2.45, 2.75) is 39.7 Å². The highest BCUT2D eigenvalue weighted by atomic mass is 35.5. The molecule has 1 atom stereocenters. The van der Waals surface area contributed by atoms with Crippen molar-refractivity contribution in [3.63, 3.8) is 0 Å². The molecular formula is C24H31Cl2N5O. The van der Waals surface area contributed by atoms with Crippen LogP contribution in [0.15, 0.2) is 29.3 Å². The van der Waals surface area contributed by atoms with E-state index in [0.717, 1.165) is 61.5 Å². The zero-order chi connectivity index (χ0) is 23.4. The summed E-state index contributed by atoms with van der Waals surface area (Å²) in [5, 5.41) is 0.491. The van der Waals surface area contributed by atoms with E-state index in [2.05, 4.69) is 47.6 Å². The number of likely N-dealkylation sites (N-methyl/N-ethyl adjacent to an activating group) is 1. The Morgan fingerprint density at radius 1 is 1.25 bits per heavy atom. The highest BCUT2D eigenvalue weighted by Crippen LogP contribution is 2.36. The van der Waals surface area contributed by atoms with Crippen molar-refractivity contribution >= 4 is 47.0 Å². The fraction of sp³-hybridized carbons (Fsp3) is 0.458. The highest BCUT2D eigenvalue weighted by Gasteiger charge is 2.30. The van der Waals surface area contributed by atoms with Crippen LogP contribution >= 0.6 is 23.2 Å². The number of carbonyl (C=O) groups excluding carboxylic acids is 1. The van der Waals surface area contributed by atoms with Gasteiger partial charge in [0, 0.05) is 32.7 Å². The third-order valence-corrected chi connectivity index (χ3v) is 6.68. The Bertz CT molecular complexity index is 988. The zero-order valence-electron chi connectivity index (χ0n) is 19.4. The lowest BCUT2D eigenvalue weighted by molar-refractivity contribution is -0.106. The van der Waals surface area contributed by atoms with E-state index in [-0.39, 0.29) is 11.2 Å². The number of benzene rings is 1. The predicted octanol–water partition coefficient (Wildman–Crippen LogP) is 4.82. The number of rotatable bonds is 6. The molecule has 6 nitrogen and oxygen atoms in total. The largest absolute Gasteiger partial charge is 0.351 e. The number of halogens is 2. The molecule has 172 valence electrons. The molecule has 1 aliphatic heterocycles. The second kappa shape index (κ2) is 10.6. The molecule has 0 aliphatic carbocycles. The summed E-state index contributed by atoms with van der Waals surface area (Å²) in [7, 11) is 3.88. The van der Waals surface area contributed by atoms with Crippen molar-refractivity contribution in [2.24, 2.45) is 4.99 Å². The van der Waals surface area contributed by atoms with Gasteiger partial charge in [-0.2, -0.15) is 0 Å². The van der Waals surface area contributed by atoms with Gasteiger partial charge < -0.3 is 9.80 Å². The molecule has 0 radical (unpaired) electrons. The molecule has 1 aromatic heterocycles. The monoisotopic (exact) mass is 475 g/mol. The van der Waals surface area contributed by atoms with Gasteiger partial charge in [0.15, 0.2) is 5.82 Å². The average molecular weight is 476 g/mol. The second-order valence-electron chi connectivity index (χ2n) is 8.09. The summed E-state index contributed by atoms with van der Waals surface area (Å²) in [6, 6.07) is 8.13. The molecule has 8 heteroatoms. The minimum atomic E-state index is 0.158.